The van der Waals surface area contributed by atoms with Gasteiger partial charge in [-0.25, -0.2) is 0 Å². The van der Waals surface area contributed by atoms with E-state index in [-0.39, 0.29) is 13.2 Å². The van der Waals surface area contributed by atoms with Crippen molar-refractivity contribution < 1.29 is 10.2 Å². The fraction of sp³-hybridized carbons (Fsp3) is 0.500. The second kappa shape index (κ2) is 6.35. The Kier molecular flexibility index (Phi) is 5.41. The Morgan fingerprint density at radius 2 is 1.75 bits per heavy atom. The van der Waals surface area contributed by atoms with Crippen molar-refractivity contribution >= 4 is 15.9 Å². The van der Waals surface area contributed by atoms with Crippen LogP contribution in [0, 0.1) is 5.41 Å². The molecular formula is C12H18BrNO2. The zero-order valence-corrected chi connectivity index (χ0v) is 11.0. The molecule has 0 saturated carbocycles. The number of halogens is 1. The van der Waals surface area contributed by atoms with Gasteiger partial charge in [-0.3, -0.25) is 0 Å². The first-order chi connectivity index (χ1) is 7.59. The first-order valence-corrected chi connectivity index (χ1v) is 6.06. The topological polar surface area (TPSA) is 52.5 Å². The standard InChI is InChI=1S/C12H18BrNO2/c1-12(8-15,9-16)7-14-6-10-2-4-11(13)5-3-10/h2-5,14-16H,6-9H2,1H3. The molecule has 0 spiro atoms. The molecule has 0 aliphatic heterocycles. The van der Waals surface area contributed by atoms with Gasteiger partial charge in [0.05, 0.1) is 13.2 Å². The van der Waals surface area contributed by atoms with Crippen LogP contribution >= 0.6 is 15.9 Å². The van der Waals surface area contributed by atoms with Crippen LogP contribution in [0.2, 0.25) is 0 Å². The lowest BCUT2D eigenvalue weighted by atomic mass is 9.93. The summed E-state index contributed by atoms with van der Waals surface area (Å²) in [6.07, 6.45) is 0. The van der Waals surface area contributed by atoms with Crippen LogP contribution in [0.15, 0.2) is 28.7 Å². The molecule has 3 N–H and O–H groups in total. The maximum Gasteiger partial charge on any atom is 0.0518 e. The van der Waals surface area contributed by atoms with Crippen LogP contribution in [-0.2, 0) is 6.54 Å². The lowest BCUT2D eigenvalue weighted by Crippen LogP contribution is -2.37. The number of rotatable bonds is 6. The van der Waals surface area contributed by atoms with Crippen molar-refractivity contribution in [3.05, 3.63) is 34.3 Å². The van der Waals surface area contributed by atoms with Crippen molar-refractivity contribution in [3.63, 3.8) is 0 Å². The van der Waals surface area contributed by atoms with Crippen molar-refractivity contribution in [1.82, 2.24) is 5.32 Å². The Balaban J connectivity index is 2.38. The van der Waals surface area contributed by atoms with E-state index in [0.717, 1.165) is 11.0 Å². The quantitative estimate of drug-likeness (QED) is 0.744. The molecule has 0 unspecified atom stereocenters. The highest BCUT2D eigenvalue weighted by atomic mass is 79.9. The van der Waals surface area contributed by atoms with E-state index >= 15 is 0 Å². The van der Waals surface area contributed by atoms with E-state index in [1.807, 2.05) is 31.2 Å². The highest BCUT2D eigenvalue weighted by Gasteiger charge is 2.21. The first kappa shape index (κ1) is 13.6. The normalized spacial score (nSPS) is 11.8. The van der Waals surface area contributed by atoms with Crippen LogP contribution < -0.4 is 5.32 Å². The Hall–Kier alpha value is -0.420. The molecule has 0 bridgehead atoms. The maximum atomic E-state index is 9.11. The largest absolute Gasteiger partial charge is 0.396 e. The summed E-state index contributed by atoms with van der Waals surface area (Å²) in [6, 6.07) is 8.06. The van der Waals surface area contributed by atoms with Crippen molar-refractivity contribution in [3.8, 4) is 0 Å². The lowest BCUT2D eigenvalue weighted by Gasteiger charge is -2.24. The average Bonchev–Trinajstić information content (AvgIpc) is 2.31. The summed E-state index contributed by atoms with van der Waals surface area (Å²) in [5, 5.41) is 21.5. The summed E-state index contributed by atoms with van der Waals surface area (Å²) in [6.45, 7) is 3.15. The molecule has 0 radical (unpaired) electrons. The fourth-order valence-corrected chi connectivity index (χ4v) is 1.54. The second-order valence-corrected chi connectivity index (χ2v) is 5.27. The number of aliphatic hydroxyl groups excluding tert-OH is 2. The van der Waals surface area contributed by atoms with Crippen molar-refractivity contribution in [2.75, 3.05) is 19.8 Å². The average molecular weight is 288 g/mol. The molecule has 0 aromatic heterocycles. The minimum atomic E-state index is -0.449. The highest BCUT2D eigenvalue weighted by molar-refractivity contribution is 9.10. The maximum absolute atomic E-state index is 9.11. The summed E-state index contributed by atoms with van der Waals surface area (Å²) >= 11 is 3.38. The third-order valence-corrected chi connectivity index (χ3v) is 3.09. The third kappa shape index (κ3) is 4.22. The van der Waals surface area contributed by atoms with Gasteiger partial charge in [-0.2, -0.15) is 0 Å². The van der Waals surface area contributed by atoms with Crippen molar-refractivity contribution in [1.29, 1.82) is 0 Å². The Morgan fingerprint density at radius 1 is 1.19 bits per heavy atom. The number of aliphatic hydroxyl groups is 2. The molecule has 4 heteroatoms. The monoisotopic (exact) mass is 287 g/mol. The van der Waals surface area contributed by atoms with E-state index in [9.17, 15) is 0 Å². The summed E-state index contributed by atoms with van der Waals surface area (Å²) in [7, 11) is 0. The Morgan fingerprint density at radius 3 is 2.25 bits per heavy atom. The van der Waals surface area contributed by atoms with Crippen LogP contribution in [-0.4, -0.2) is 30.0 Å². The number of benzene rings is 1. The molecule has 3 nitrogen and oxygen atoms in total. The van der Waals surface area contributed by atoms with Crippen LogP contribution in [0.3, 0.4) is 0 Å². The summed E-state index contributed by atoms with van der Waals surface area (Å²) in [5.41, 5.74) is 0.733. The smallest absolute Gasteiger partial charge is 0.0518 e. The molecule has 1 rings (SSSR count). The third-order valence-electron chi connectivity index (χ3n) is 2.56. The van der Waals surface area contributed by atoms with E-state index < -0.39 is 5.41 Å². The first-order valence-electron chi connectivity index (χ1n) is 5.26. The van der Waals surface area contributed by atoms with Gasteiger partial charge < -0.3 is 15.5 Å². The van der Waals surface area contributed by atoms with E-state index in [2.05, 4.69) is 21.2 Å². The van der Waals surface area contributed by atoms with Crippen LogP contribution in [0.5, 0.6) is 0 Å². The molecule has 0 amide bonds. The summed E-state index contributed by atoms with van der Waals surface area (Å²) in [4.78, 5) is 0. The van der Waals surface area contributed by atoms with Gasteiger partial charge >= 0.3 is 0 Å². The van der Waals surface area contributed by atoms with E-state index in [1.165, 1.54) is 5.56 Å². The van der Waals surface area contributed by atoms with Gasteiger partial charge in [0.1, 0.15) is 0 Å². The fourth-order valence-electron chi connectivity index (χ4n) is 1.27. The van der Waals surface area contributed by atoms with Crippen molar-refractivity contribution in [2.24, 2.45) is 5.41 Å². The molecule has 0 aliphatic carbocycles. The van der Waals surface area contributed by atoms with Gasteiger partial charge in [-0.15, -0.1) is 0 Å². The number of hydrogen-bond acceptors (Lipinski definition) is 3. The molecule has 0 atom stereocenters. The second-order valence-electron chi connectivity index (χ2n) is 4.36. The molecule has 1 aromatic rings. The van der Waals surface area contributed by atoms with E-state index in [1.54, 1.807) is 0 Å². The van der Waals surface area contributed by atoms with Crippen molar-refractivity contribution in [2.45, 2.75) is 13.5 Å². The van der Waals surface area contributed by atoms with Gasteiger partial charge in [0, 0.05) is 23.0 Å². The van der Waals surface area contributed by atoms with Crippen LogP contribution in [0.4, 0.5) is 0 Å². The van der Waals surface area contributed by atoms with Gasteiger partial charge in [0.25, 0.3) is 0 Å². The summed E-state index contributed by atoms with van der Waals surface area (Å²) in [5.74, 6) is 0. The van der Waals surface area contributed by atoms with Gasteiger partial charge in [0.15, 0.2) is 0 Å². The summed E-state index contributed by atoms with van der Waals surface area (Å²) < 4.78 is 1.06. The van der Waals surface area contributed by atoms with Crippen LogP contribution in [0.25, 0.3) is 0 Å². The molecule has 0 heterocycles. The Bertz CT molecular complexity index is 309. The predicted octanol–water partition coefficient (Wildman–Crippen LogP) is 1.53. The van der Waals surface area contributed by atoms with E-state index in [0.29, 0.717) is 6.54 Å². The molecular weight excluding hydrogens is 270 g/mol. The predicted molar refractivity (Wildman–Crippen MR) is 68.1 cm³/mol. The molecule has 16 heavy (non-hydrogen) atoms. The van der Waals surface area contributed by atoms with Gasteiger partial charge in [-0.1, -0.05) is 35.0 Å². The number of nitrogens with one attached hydrogen (secondary N) is 1. The SMILES string of the molecule is CC(CO)(CO)CNCc1ccc(Br)cc1. The van der Waals surface area contributed by atoms with Gasteiger partial charge in [0.2, 0.25) is 0 Å². The van der Waals surface area contributed by atoms with Gasteiger partial charge in [-0.05, 0) is 17.7 Å². The minimum Gasteiger partial charge on any atom is -0.396 e. The zero-order chi connectivity index (χ0) is 12.0. The molecule has 1 aromatic carbocycles. The molecule has 0 fully saturated rings. The van der Waals surface area contributed by atoms with E-state index in [4.69, 9.17) is 10.2 Å². The Labute approximate surface area is 105 Å². The molecule has 90 valence electrons. The minimum absolute atomic E-state index is 0.0170. The molecule has 0 saturated heterocycles. The number of hydrogen-bond donors (Lipinski definition) is 3. The highest BCUT2D eigenvalue weighted by Crippen LogP contribution is 2.13. The lowest BCUT2D eigenvalue weighted by molar-refractivity contribution is 0.0695. The molecule has 0 aliphatic rings. The zero-order valence-electron chi connectivity index (χ0n) is 9.41. The van der Waals surface area contributed by atoms with Crippen LogP contribution in [0.1, 0.15) is 12.5 Å².